The van der Waals surface area contributed by atoms with Gasteiger partial charge in [0.2, 0.25) is 7.98 Å². The summed E-state index contributed by atoms with van der Waals surface area (Å²) in [5.41, 5.74) is 0.855. The van der Waals surface area contributed by atoms with Gasteiger partial charge in [0.25, 0.3) is 0 Å². The van der Waals surface area contributed by atoms with Crippen LogP contribution in [-0.4, -0.2) is 15.1 Å². The monoisotopic (exact) mass is 285 g/mol. The second kappa shape index (κ2) is 5.10. The summed E-state index contributed by atoms with van der Waals surface area (Å²) >= 11 is 0. The molecule has 1 aliphatic rings. The van der Waals surface area contributed by atoms with Crippen molar-refractivity contribution in [2.45, 2.75) is 12.8 Å². The Balaban J connectivity index is 2.37. The summed E-state index contributed by atoms with van der Waals surface area (Å²) in [4.78, 5) is 0. The molecule has 0 saturated heterocycles. The highest BCUT2D eigenvalue weighted by atomic mass is 16.5. The van der Waals surface area contributed by atoms with Gasteiger partial charge in [0.05, 0.1) is 12.8 Å². The van der Waals surface area contributed by atoms with Crippen molar-refractivity contribution in [3.63, 3.8) is 0 Å². The Labute approximate surface area is 130 Å². The van der Waals surface area contributed by atoms with Gasteiger partial charge < -0.3 is 9.96 Å². The van der Waals surface area contributed by atoms with E-state index in [1.165, 1.54) is 26.6 Å². The Hall–Kier alpha value is -2.42. The fourth-order valence-electron chi connectivity index (χ4n) is 3.52. The Morgan fingerprint density at radius 1 is 0.909 bits per heavy atom. The third kappa shape index (κ3) is 1.75. The van der Waals surface area contributed by atoms with E-state index in [1.807, 2.05) is 6.07 Å². The van der Waals surface area contributed by atoms with Crippen molar-refractivity contribution in [3.05, 3.63) is 46.8 Å². The molecule has 0 amide bonds. The molecule has 4 rings (SSSR count). The molecule has 0 atom stereocenters. The molecule has 0 aliphatic heterocycles. The molecular weight excluding hydrogens is 269 g/mol. The first-order chi connectivity index (χ1) is 10.8. The molecule has 1 aliphatic carbocycles. The van der Waals surface area contributed by atoms with Crippen LogP contribution in [0.25, 0.3) is 33.7 Å². The number of hydrogen-bond donors (Lipinski definition) is 1. The number of anilines is 1. The van der Waals surface area contributed by atoms with Gasteiger partial charge in [0, 0.05) is 5.39 Å². The first-order valence-electron chi connectivity index (χ1n) is 7.53. The topological polar surface area (TPSA) is 21.3 Å². The van der Waals surface area contributed by atoms with E-state index < -0.39 is 0 Å². The zero-order valence-corrected chi connectivity index (χ0v) is 12.5. The van der Waals surface area contributed by atoms with Crippen molar-refractivity contribution in [2.24, 2.45) is 0 Å². The minimum atomic E-state index is 0.770. The van der Waals surface area contributed by atoms with Crippen LogP contribution in [0.5, 0.6) is 5.75 Å². The van der Waals surface area contributed by atoms with E-state index in [1.54, 1.807) is 7.11 Å². The molecule has 22 heavy (non-hydrogen) atoms. The van der Waals surface area contributed by atoms with Crippen molar-refractivity contribution < 1.29 is 4.74 Å². The van der Waals surface area contributed by atoms with Crippen molar-refractivity contribution in [2.75, 3.05) is 12.3 Å². The number of fused-ring (bicyclic) bond motifs is 6. The standard InChI is InChI=1S/C19H16BNO/c1-22-17-11-10-16-14-8-3-2-6-12(14)13-7-4-5-9-15(13)18(16)19(17)21-20/h2-3,6-11,21H,4-5H2,1H3. The molecular formula is C19H16BNO. The molecule has 3 aromatic rings. The van der Waals surface area contributed by atoms with Gasteiger partial charge in [-0.15, -0.1) is 0 Å². The molecule has 0 heterocycles. The van der Waals surface area contributed by atoms with Gasteiger partial charge in [-0.3, -0.25) is 0 Å². The quantitative estimate of drug-likeness (QED) is 0.577. The number of nitrogens with one attached hydrogen (secondary N) is 1. The molecule has 0 spiro atoms. The third-order valence-electron chi connectivity index (χ3n) is 4.46. The highest BCUT2D eigenvalue weighted by Crippen LogP contribution is 2.33. The summed E-state index contributed by atoms with van der Waals surface area (Å²) in [5, 5.41) is 10.3. The van der Waals surface area contributed by atoms with Crippen molar-refractivity contribution in [3.8, 4) is 5.75 Å². The normalized spacial score (nSPS) is 13.3. The molecule has 3 heteroatoms. The maximum absolute atomic E-state index is 5.82. The molecule has 0 fully saturated rings. The van der Waals surface area contributed by atoms with Crippen LogP contribution >= 0.6 is 0 Å². The fraction of sp³-hybridized carbons (Fsp3) is 0.158. The lowest BCUT2D eigenvalue weighted by atomic mass is 9.93. The van der Waals surface area contributed by atoms with Crippen molar-refractivity contribution in [1.82, 2.24) is 0 Å². The van der Waals surface area contributed by atoms with Gasteiger partial charge in [-0.2, -0.15) is 0 Å². The zero-order valence-electron chi connectivity index (χ0n) is 12.5. The van der Waals surface area contributed by atoms with Crippen molar-refractivity contribution in [1.29, 1.82) is 0 Å². The Bertz CT molecular complexity index is 1010. The van der Waals surface area contributed by atoms with Gasteiger partial charge in [-0.05, 0) is 51.6 Å². The van der Waals surface area contributed by atoms with E-state index in [9.17, 15) is 0 Å². The third-order valence-corrected chi connectivity index (χ3v) is 4.46. The molecule has 2 radical (unpaired) electrons. The summed E-state index contributed by atoms with van der Waals surface area (Å²) in [5.74, 6) is 0.770. The van der Waals surface area contributed by atoms with Gasteiger partial charge >= 0.3 is 0 Å². The predicted molar refractivity (Wildman–Crippen MR) is 94.8 cm³/mol. The van der Waals surface area contributed by atoms with E-state index in [-0.39, 0.29) is 0 Å². The second-order valence-electron chi connectivity index (χ2n) is 5.57. The number of rotatable bonds is 2. The summed E-state index contributed by atoms with van der Waals surface area (Å²) in [6, 6.07) is 12.7. The summed E-state index contributed by atoms with van der Waals surface area (Å²) in [6.07, 6.45) is 6.78. The van der Waals surface area contributed by atoms with Gasteiger partial charge in [-0.25, -0.2) is 0 Å². The highest BCUT2D eigenvalue weighted by Gasteiger charge is 2.13. The number of hydrogen-bond acceptors (Lipinski definition) is 2. The van der Waals surface area contributed by atoms with Crippen LogP contribution in [-0.2, 0) is 0 Å². The number of benzene rings is 3. The van der Waals surface area contributed by atoms with Crippen LogP contribution in [0, 0.1) is 0 Å². The summed E-state index contributed by atoms with van der Waals surface area (Å²) in [7, 11) is 7.49. The maximum atomic E-state index is 5.82. The smallest absolute Gasteiger partial charge is 0.222 e. The highest BCUT2D eigenvalue weighted by molar-refractivity contribution is 6.22. The Morgan fingerprint density at radius 3 is 2.36 bits per heavy atom. The molecule has 106 valence electrons. The molecule has 1 N–H and O–H groups in total. The Morgan fingerprint density at radius 2 is 1.64 bits per heavy atom. The lowest BCUT2D eigenvalue weighted by Crippen LogP contribution is -2.29. The second-order valence-corrected chi connectivity index (χ2v) is 5.57. The average Bonchev–Trinajstić information content (AvgIpc) is 2.60. The predicted octanol–water partition coefficient (Wildman–Crippen LogP) is 2.85. The lowest BCUT2D eigenvalue weighted by Gasteiger charge is -2.16. The largest absolute Gasteiger partial charge is 0.495 e. The molecule has 2 nitrogen and oxygen atoms in total. The summed E-state index contributed by atoms with van der Waals surface area (Å²) < 4.78 is 5.48. The molecule has 0 saturated carbocycles. The molecule has 0 bridgehead atoms. The fourth-order valence-corrected chi connectivity index (χ4v) is 3.52. The lowest BCUT2D eigenvalue weighted by molar-refractivity contribution is 0.417. The van der Waals surface area contributed by atoms with E-state index in [0.717, 1.165) is 29.7 Å². The summed E-state index contributed by atoms with van der Waals surface area (Å²) in [6.45, 7) is 0. The van der Waals surface area contributed by atoms with Gasteiger partial charge in [-0.1, -0.05) is 36.4 Å². The van der Waals surface area contributed by atoms with Crippen LogP contribution in [0.4, 0.5) is 5.69 Å². The minimum Gasteiger partial charge on any atom is -0.495 e. The van der Waals surface area contributed by atoms with Crippen LogP contribution in [0.3, 0.4) is 0 Å². The molecule has 0 unspecified atom stereocenters. The van der Waals surface area contributed by atoms with Crippen molar-refractivity contribution >= 4 is 47.4 Å². The van der Waals surface area contributed by atoms with Crippen LogP contribution in [0.15, 0.2) is 36.4 Å². The van der Waals surface area contributed by atoms with Crippen LogP contribution in [0.2, 0.25) is 0 Å². The number of ether oxygens (including phenoxy) is 1. The maximum Gasteiger partial charge on any atom is 0.222 e. The first kappa shape index (κ1) is 13.3. The zero-order chi connectivity index (χ0) is 15.1. The molecule has 0 aromatic heterocycles. The SMILES string of the molecule is [B]Nc1c(OC)ccc2c1c1c(c3ccccc32)=CCCC=1. The van der Waals surface area contributed by atoms with Crippen LogP contribution < -0.4 is 20.4 Å². The van der Waals surface area contributed by atoms with Crippen LogP contribution in [0.1, 0.15) is 12.8 Å². The minimum absolute atomic E-state index is 0.770. The van der Waals surface area contributed by atoms with E-state index >= 15 is 0 Å². The van der Waals surface area contributed by atoms with Gasteiger partial charge in [0.15, 0.2) is 0 Å². The Kier molecular flexibility index (Phi) is 3.07. The van der Waals surface area contributed by atoms with Gasteiger partial charge in [0.1, 0.15) is 5.75 Å². The van der Waals surface area contributed by atoms with E-state index in [0.29, 0.717) is 0 Å². The van der Waals surface area contributed by atoms with E-state index in [4.69, 9.17) is 12.7 Å². The first-order valence-corrected chi connectivity index (χ1v) is 7.53. The average molecular weight is 285 g/mol. The van der Waals surface area contributed by atoms with E-state index in [2.05, 4.69) is 47.7 Å². The molecule has 3 aromatic carbocycles. The number of methoxy groups -OCH3 is 1.